The molecule has 0 amide bonds. The zero-order valence-electron chi connectivity index (χ0n) is 11.3. The lowest BCUT2D eigenvalue weighted by molar-refractivity contribution is 0.0709. The van der Waals surface area contributed by atoms with E-state index in [2.05, 4.69) is 33.0 Å². The van der Waals surface area contributed by atoms with Gasteiger partial charge in [0.15, 0.2) is 0 Å². The van der Waals surface area contributed by atoms with E-state index in [0.717, 1.165) is 12.5 Å². The van der Waals surface area contributed by atoms with E-state index in [9.17, 15) is 0 Å². The molecule has 2 bridgehead atoms. The minimum atomic E-state index is 0.341. The van der Waals surface area contributed by atoms with Crippen molar-refractivity contribution in [1.82, 2.24) is 5.32 Å². The Morgan fingerprint density at radius 1 is 1.31 bits per heavy atom. The molecule has 1 N–H and O–H groups in total. The maximum absolute atomic E-state index is 6.00. The van der Waals surface area contributed by atoms with Crippen LogP contribution in [0.2, 0.25) is 0 Å². The van der Waals surface area contributed by atoms with E-state index in [1.165, 1.54) is 25.7 Å². The Balaban J connectivity index is 2.01. The van der Waals surface area contributed by atoms with E-state index in [1.54, 1.807) is 0 Å². The second kappa shape index (κ2) is 4.66. The van der Waals surface area contributed by atoms with Crippen LogP contribution in [0.4, 0.5) is 0 Å². The standard InChI is InChI=1S/C14H27NO/c1-5-8-15-13(14(2,3)4)11-9-10-6-7-12(11)16-10/h10-13,15H,5-9H2,1-4H3. The smallest absolute Gasteiger partial charge is 0.0624 e. The number of rotatable bonds is 4. The maximum Gasteiger partial charge on any atom is 0.0624 e. The average molecular weight is 225 g/mol. The monoisotopic (exact) mass is 225 g/mol. The van der Waals surface area contributed by atoms with Crippen LogP contribution in [0.5, 0.6) is 0 Å². The van der Waals surface area contributed by atoms with E-state index in [-0.39, 0.29) is 0 Å². The van der Waals surface area contributed by atoms with E-state index in [0.29, 0.717) is 23.7 Å². The molecule has 4 atom stereocenters. The molecule has 2 fully saturated rings. The summed E-state index contributed by atoms with van der Waals surface area (Å²) < 4.78 is 6.00. The summed E-state index contributed by atoms with van der Waals surface area (Å²) in [5, 5.41) is 3.76. The van der Waals surface area contributed by atoms with Gasteiger partial charge in [0.2, 0.25) is 0 Å². The summed E-state index contributed by atoms with van der Waals surface area (Å²) in [5.74, 6) is 0.741. The summed E-state index contributed by atoms with van der Waals surface area (Å²) in [6, 6.07) is 0.614. The first-order valence-electron chi connectivity index (χ1n) is 6.91. The van der Waals surface area contributed by atoms with Gasteiger partial charge in [0, 0.05) is 12.0 Å². The van der Waals surface area contributed by atoms with Crippen molar-refractivity contribution in [2.45, 2.75) is 71.6 Å². The minimum absolute atomic E-state index is 0.341. The summed E-state index contributed by atoms with van der Waals surface area (Å²) in [6.45, 7) is 10.4. The number of nitrogens with one attached hydrogen (secondary N) is 1. The second-order valence-electron chi connectivity index (χ2n) is 6.57. The molecule has 0 saturated carbocycles. The molecule has 94 valence electrons. The molecule has 2 aliphatic rings. The first-order valence-corrected chi connectivity index (χ1v) is 6.91. The third-order valence-corrected chi connectivity index (χ3v) is 4.13. The average Bonchev–Trinajstić information content (AvgIpc) is 2.77. The highest BCUT2D eigenvalue weighted by atomic mass is 16.5. The molecule has 2 saturated heterocycles. The largest absolute Gasteiger partial charge is 0.375 e. The Morgan fingerprint density at radius 3 is 2.50 bits per heavy atom. The molecule has 0 aliphatic carbocycles. The first kappa shape index (κ1) is 12.4. The summed E-state index contributed by atoms with van der Waals surface area (Å²) in [7, 11) is 0. The predicted octanol–water partition coefficient (Wildman–Crippen LogP) is 2.97. The van der Waals surface area contributed by atoms with Crippen molar-refractivity contribution in [1.29, 1.82) is 0 Å². The molecule has 0 aromatic heterocycles. The predicted molar refractivity (Wildman–Crippen MR) is 67.5 cm³/mol. The molecule has 0 spiro atoms. The van der Waals surface area contributed by atoms with Gasteiger partial charge in [-0.1, -0.05) is 27.7 Å². The van der Waals surface area contributed by atoms with Crippen molar-refractivity contribution in [3.05, 3.63) is 0 Å². The van der Waals surface area contributed by atoms with Crippen LogP contribution in [-0.2, 0) is 4.74 Å². The van der Waals surface area contributed by atoms with Crippen LogP contribution in [0.25, 0.3) is 0 Å². The molecule has 0 radical (unpaired) electrons. The van der Waals surface area contributed by atoms with Crippen molar-refractivity contribution in [2.75, 3.05) is 6.54 Å². The van der Waals surface area contributed by atoms with Crippen LogP contribution in [-0.4, -0.2) is 24.8 Å². The molecule has 2 heteroatoms. The number of ether oxygens (including phenoxy) is 1. The fourth-order valence-corrected chi connectivity index (χ4v) is 3.43. The normalized spacial score (nSPS) is 35.6. The molecule has 2 aliphatic heterocycles. The highest BCUT2D eigenvalue weighted by Crippen LogP contribution is 2.44. The number of fused-ring (bicyclic) bond motifs is 2. The highest BCUT2D eigenvalue weighted by Gasteiger charge is 2.46. The van der Waals surface area contributed by atoms with Crippen LogP contribution in [0.15, 0.2) is 0 Å². The van der Waals surface area contributed by atoms with Gasteiger partial charge in [-0.05, 0) is 37.6 Å². The number of hydrogen-bond acceptors (Lipinski definition) is 2. The maximum atomic E-state index is 6.00. The Kier molecular flexibility index (Phi) is 3.60. The Labute approximate surface area is 100 Å². The van der Waals surface area contributed by atoms with Crippen LogP contribution in [0, 0.1) is 11.3 Å². The van der Waals surface area contributed by atoms with E-state index in [1.807, 2.05) is 0 Å². The fraction of sp³-hybridized carbons (Fsp3) is 1.00. The zero-order valence-corrected chi connectivity index (χ0v) is 11.3. The fourth-order valence-electron chi connectivity index (χ4n) is 3.43. The van der Waals surface area contributed by atoms with Gasteiger partial charge in [-0.25, -0.2) is 0 Å². The van der Waals surface area contributed by atoms with E-state index >= 15 is 0 Å². The lowest BCUT2D eigenvalue weighted by Crippen LogP contribution is -2.49. The molecular formula is C14H27NO. The Hall–Kier alpha value is -0.0800. The van der Waals surface area contributed by atoms with Crippen LogP contribution >= 0.6 is 0 Å². The third kappa shape index (κ3) is 2.43. The highest BCUT2D eigenvalue weighted by molar-refractivity contribution is 4.98. The van der Waals surface area contributed by atoms with Crippen molar-refractivity contribution in [3.63, 3.8) is 0 Å². The second-order valence-corrected chi connectivity index (χ2v) is 6.57. The van der Waals surface area contributed by atoms with Crippen LogP contribution in [0.1, 0.15) is 53.4 Å². The van der Waals surface area contributed by atoms with E-state index < -0.39 is 0 Å². The van der Waals surface area contributed by atoms with Gasteiger partial charge in [-0.15, -0.1) is 0 Å². The molecule has 4 unspecified atom stereocenters. The van der Waals surface area contributed by atoms with Crippen LogP contribution < -0.4 is 5.32 Å². The van der Waals surface area contributed by atoms with Gasteiger partial charge in [0.25, 0.3) is 0 Å². The van der Waals surface area contributed by atoms with Gasteiger partial charge in [0.1, 0.15) is 0 Å². The van der Waals surface area contributed by atoms with Crippen molar-refractivity contribution >= 4 is 0 Å². The third-order valence-electron chi connectivity index (χ3n) is 4.13. The summed E-state index contributed by atoms with van der Waals surface area (Å²) in [6.07, 6.45) is 6.20. The van der Waals surface area contributed by atoms with E-state index in [4.69, 9.17) is 4.74 Å². The molecule has 0 aromatic carbocycles. The van der Waals surface area contributed by atoms with Gasteiger partial charge in [0.05, 0.1) is 12.2 Å². The molecule has 2 nitrogen and oxygen atoms in total. The molecule has 2 heterocycles. The van der Waals surface area contributed by atoms with Crippen molar-refractivity contribution in [2.24, 2.45) is 11.3 Å². The van der Waals surface area contributed by atoms with Crippen molar-refractivity contribution in [3.8, 4) is 0 Å². The summed E-state index contributed by atoms with van der Waals surface area (Å²) in [5.41, 5.74) is 0.341. The van der Waals surface area contributed by atoms with Crippen molar-refractivity contribution < 1.29 is 4.74 Å². The Morgan fingerprint density at radius 2 is 2.06 bits per heavy atom. The van der Waals surface area contributed by atoms with Gasteiger partial charge < -0.3 is 10.1 Å². The topological polar surface area (TPSA) is 21.3 Å². The Bertz CT molecular complexity index is 233. The summed E-state index contributed by atoms with van der Waals surface area (Å²) in [4.78, 5) is 0. The quantitative estimate of drug-likeness (QED) is 0.794. The summed E-state index contributed by atoms with van der Waals surface area (Å²) >= 11 is 0. The molecule has 16 heavy (non-hydrogen) atoms. The SMILES string of the molecule is CCCNC(C1CC2CCC1O2)C(C)(C)C. The van der Waals surface area contributed by atoms with Crippen LogP contribution in [0.3, 0.4) is 0 Å². The molecular weight excluding hydrogens is 198 g/mol. The minimum Gasteiger partial charge on any atom is -0.375 e. The van der Waals surface area contributed by atoms with Gasteiger partial charge in [-0.2, -0.15) is 0 Å². The molecule has 0 aromatic rings. The molecule has 2 rings (SSSR count). The van der Waals surface area contributed by atoms with Gasteiger partial charge in [-0.3, -0.25) is 0 Å². The van der Waals surface area contributed by atoms with Gasteiger partial charge >= 0.3 is 0 Å². The number of hydrogen-bond donors (Lipinski definition) is 1. The zero-order chi connectivity index (χ0) is 11.8. The lowest BCUT2D eigenvalue weighted by atomic mass is 9.73. The first-order chi connectivity index (χ1) is 7.52. The lowest BCUT2D eigenvalue weighted by Gasteiger charge is -2.39.